The zero-order chi connectivity index (χ0) is 22.7. The number of carbonyl (C=O) groups is 4. The molecular formula is C23H24N4O5. The predicted octanol–water partition coefficient (Wildman–Crippen LogP) is 2.17. The number of imide groups is 1. The first kappa shape index (κ1) is 21.4. The van der Waals surface area contributed by atoms with Crippen molar-refractivity contribution in [2.75, 3.05) is 11.9 Å². The van der Waals surface area contributed by atoms with Crippen LogP contribution in [0.5, 0.6) is 5.75 Å². The first-order valence-electron chi connectivity index (χ1n) is 10.5. The van der Waals surface area contributed by atoms with Crippen molar-refractivity contribution >= 4 is 29.4 Å². The van der Waals surface area contributed by atoms with E-state index in [1.807, 2.05) is 25.1 Å². The van der Waals surface area contributed by atoms with E-state index in [4.69, 9.17) is 4.74 Å². The van der Waals surface area contributed by atoms with Crippen molar-refractivity contribution in [1.29, 1.82) is 0 Å². The summed E-state index contributed by atoms with van der Waals surface area (Å²) in [6.07, 6.45) is 0.537. The maximum atomic E-state index is 12.9. The average molecular weight is 436 g/mol. The molecule has 2 heterocycles. The van der Waals surface area contributed by atoms with Crippen LogP contribution >= 0.6 is 0 Å². The lowest BCUT2D eigenvalue weighted by Gasteiger charge is -2.29. The Hall–Kier alpha value is -3.88. The lowest BCUT2D eigenvalue weighted by molar-refractivity contribution is -0.136. The second kappa shape index (κ2) is 9.09. The van der Waals surface area contributed by atoms with Crippen LogP contribution in [0.1, 0.15) is 41.3 Å². The summed E-state index contributed by atoms with van der Waals surface area (Å²) in [4.78, 5) is 50.3. The summed E-state index contributed by atoms with van der Waals surface area (Å²) in [6, 6.07) is 11.5. The molecule has 4 rings (SSSR count). The fourth-order valence-electron chi connectivity index (χ4n) is 3.91. The van der Waals surface area contributed by atoms with Gasteiger partial charge in [-0.3, -0.25) is 19.7 Å². The Kier molecular flexibility index (Phi) is 6.07. The lowest BCUT2D eigenvalue weighted by atomic mass is 10.0. The van der Waals surface area contributed by atoms with Crippen LogP contribution in [0.4, 0.5) is 10.5 Å². The zero-order valence-electron chi connectivity index (χ0n) is 17.6. The van der Waals surface area contributed by atoms with Gasteiger partial charge < -0.3 is 20.3 Å². The van der Waals surface area contributed by atoms with Crippen LogP contribution in [0.25, 0.3) is 0 Å². The van der Waals surface area contributed by atoms with Crippen LogP contribution in [0.3, 0.4) is 0 Å². The molecule has 2 aliphatic rings. The molecule has 0 aromatic heterocycles. The number of piperidine rings is 1. The van der Waals surface area contributed by atoms with Crippen molar-refractivity contribution in [2.24, 2.45) is 0 Å². The van der Waals surface area contributed by atoms with Crippen LogP contribution in [-0.2, 0) is 22.7 Å². The largest absolute Gasteiger partial charge is 0.492 e. The number of rotatable bonds is 6. The molecule has 1 unspecified atom stereocenters. The highest BCUT2D eigenvalue weighted by atomic mass is 16.5. The van der Waals surface area contributed by atoms with E-state index in [2.05, 4.69) is 16.0 Å². The molecule has 32 heavy (non-hydrogen) atoms. The van der Waals surface area contributed by atoms with Crippen LogP contribution in [-0.4, -0.2) is 41.3 Å². The number of carbonyl (C=O) groups excluding carboxylic acids is 4. The quantitative estimate of drug-likeness (QED) is 0.600. The Balaban J connectivity index is 1.38. The number of amides is 5. The first-order chi connectivity index (χ1) is 15.5. The van der Waals surface area contributed by atoms with E-state index in [0.29, 0.717) is 36.6 Å². The number of nitrogens with one attached hydrogen (secondary N) is 3. The molecule has 0 spiro atoms. The molecular weight excluding hydrogens is 412 g/mol. The Bertz CT molecular complexity index is 1080. The molecule has 9 nitrogen and oxygen atoms in total. The third kappa shape index (κ3) is 4.41. The molecule has 166 valence electrons. The smallest absolute Gasteiger partial charge is 0.319 e. The summed E-state index contributed by atoms with van der Waals surface area (Å²) < 4.78 is 5.50. The second-order valence-corrected chi connectivity index (χ2v) is 7.63. The van der Waals surface area contributed by atoms with E-state index < -0.39 is 18.0 Å². The highest BCUT2D eigenvalue weighted by molar-refractivity contribution is 6.05. The minimum absolute atomic E-state index is 0.216. The van der Waals surface area contributed by atoms with Crippen molar-refractivity contribution in [1.82, 2.24) is 15.5 Å². The van der Waals surface area contributed by atoms with Crippen molar-refractivity contribution in [3.8, 4) is 5.75 Å². The van der Waals surface area contributed by atoms with E-state index in [0.717, 1.165) is 11.1 Å². The van der Waals surface area contributed by atoms with E-state index in [9.17, 15) is 19.2 Å². The van der Waals surface area contributed by atoms with Crippen molar-refractivity contribution in [3.63, 3.8) is 0 Å². The molecule has 0 aliphatic carbocycles. The van der Waals surface area contributed by atoms with Gasteiger partial charge in [-0.25, -0.2) is 4.79 Å². The third-order valence-electron chi connectivity index (χ3n) is 5.48. The van der Waals surface area contributed by atoms with Crippen LogP contribution < -0.4 is 20.7 Å². The summed E-state index contributed by atoms with van der Waals surface area (Å²) in [5, 5.41) is 7.83. The van der Waals surface area contributed by atoms with E-state index in [1.165, 1.54) is 4.90 Å². The van der Waals surface area contributed by atoms with Gasteiger partial charge in [0.25, 0.3) is 5.91 Å². The summed E-state index contributed by atoms with van der Waals surface area (Å²) in [6.45, 7) is 2.90. The van der Waals surface area contributed by atoms with Gasteiger partial charge in [0.1, 0.15) is 11.8 Å². The van der Waals surface area contributed by atoms with E-state index in [1.54, 1.807) is 24.3 Å². The van der Waals surface area contributed by atoms with Gasteiger partial charge in [0.15, 0.2) is 0 Å². The summed E-state index contributed by atoms with van der Waals surface area (Å²) >= 11 is 0. The van der Waals surface area contributed by atoms with Crippen LogP contribution in [0, 0.1) is 0 Å². The Morgan fingerprint density at radius 3 is 2.78 bits per heavy atom. The van der Waals surface area contributed by atoms with Gasteiger partial charge in [-0.05, 0) is 42.7 Å². The number of nitrogens with zero attached hydrogens (tertiary/aromatic N) is 1. The highest BCUT2D eigenvalue weighted by Crippen LogP contribution is 2.28. The summed E-state index contributed by atoms with van der Waals surface area (Å²) in [5.74, 6) is -0.410. The molecule has 2 aliphatic heterocycles. The molecule has 1 fully saturated rings. The van der Waals surface area contributed by atoms with Gasteiger partial charge in [-0.15, -0.1) is 0 Å². The fourth-order valence-corrected chi connectivity index (χ4v) is 3.91. The van der Waals surface area contributed by atoms with Gasteiger partial charge in [-0.2, -0.15) is 0 Å². The molecule has 0 saturated carbocycles. The minimum atomic E-state index is -0.648. The topological polar surface area (TPSA) is 117 Å². The fraction of sp³-hybridized carbons (Fsp3) is 0.304. The van der Waals surface area contributed by atoms with E-state index in [-0.39, 0.29) is 24.8 Å². The molecule has 5 amide bonds. The summed E-state index contributed by atoms with van der Waals surface area (Å²) in [5.41, 5.74) is 2.65. The van der Waals surface area contributed by atoms with E-state index >= 15 is 0 Å². The second-order valence-electron chi connectivity index (χ2n) is 7.63. The maximum absolute atomic E-state index is 12.9. The molecule has 2 aromatic rings. The number of benzene rings is 2. The zero-order valence-corrected chi connectivity index (χ0v) is 17.6. The number of urea groups is 1. The molecule has 1 saturated heterocycles. The first-order valence-corrected chi connectivity index (χ1v) is 10.5. The molecule has 2 aromatic carbocycles. The lowest BCUT2D eigenvalue weighted by Crippen LogP contribution is -2.52. The van der Waals surface area contributed by atoms with Crippen molar-refractivity contribution in [2.45, 2.75) is 38.9 Å². The monoisotopic (exact) mass is 436 g/mol. The number of hydrogen-bond acceptors (Lipinski definition) is 5. The van der Waals surface area contributed by atoms with Crippen LogP contribution in [0.2, 0.25) is 0 Å². The van der Waals surface area contributed by atoms with Gasteiger partial charge in [-0.1, -0.05) is 24.3 Å². The predicted molar refractivity (Wildman–Crippen MR) is 116 cm³/mol. The number of fused-ring (bicyclic) bond motifs is 1. The Labute approximate surface area is 185 Å². The Morgan fingerprint density at radius 1 is 1.19 bits per heavy atom. The summed E-state index contributed by atoms with van der Waals surface area (Å²) in [7, 11) is 0. The number of para-hydroxylation sites is 2. The Morgan fingerprint density at radius 2 is 2.00 bits per heavy atom. The molecule has 3 N–H and O–H groups in total. The van der Waals surface area contributed by atoms with Crippen molar-refractivity contribution in [3.05, 3.63) is 59.2 Å². The number of hydrogen-bond donors (Lipinski definition) is 3. The number of ether oxygens (including phenoxy) is 1. The van der Waals surface area contributed by atoms with Crippen molar-refractivity contribution < 1.29 is 23.9 Å². The van der Waals surface area contributed by atoms with Gasteiger partial charge >= 0.3 is 6.03 Å². The van der Waals surface area contributed by atoms with Gasteiger partial charge in [0.2, 0.25) is 11.8 Å². The van der Waals surface area contributed by atoms with Crippen LogP contribution in [0.15, 0.2) is 42.5 Å². The van der Waals surface area contributed by atoms with Gasteiger partial charge in [0, 0.05) is 25.1 Å². The van der Waals surface area contributed by atoms with Gasteiger partial charge in [0.05, 0.1) is 12.3 Å². The molecule has 0 bridgehead atoms. The minimum Gasteiger partial charge on any atom is -0.492 e. The molecule has 0 radical (unpaired) electrons. The number of anilines is 1. The molecule has 9 heteroatoms. The standard InChI is InChI=1S/C23H24N4O5/c1-2-32-19-6-4-3-5-17(19)25-23(31)24-12-14-7-8-15-13-27(22(30)16(15)11-14)18-9-10-20(28)26-21(18)29/h3-8,11,18H,2,9-10,12-13H2,1H3,(H2,24,25,31)(H,26,28,29). The average Bonchev–Trinajstić information content (AvgIpc) is 3.10. The normalized spacial score (nSPS) is 17.6. The molecule has 1 atom stereocenters. The maximum Gasteiger partial charge on any atom is 0.319 e. The highest BCUT2D eigenvalue weighted by Gasteiger charge is 2.39. The third-order valence-corrected chi connectivity index (χ3v) is 5.48. The SMILES string of the molecule is CCOc1ccccc1NC(=O)NCc1ccc2c(c1)C(=O)N(C1CCC(=O)NC1=O)C2.